The van der Waals surface area contributed by atoms with E-state index in [0.29, 0.717) is 23.8 Å². The summed E-state index contributed by atoms with van der Waals surface area (Å²) in [6.45, 7) is 0.497. The first kappa shape index (κ1) is 20.6. The van der Waals surface area contributed by atoms with E-state index in [2.05, 4.69) is 32.7 Å². The highest BCUT2D eigenvalue weighted by Gasteiger charge is 2.07. The quantitative estimate of drug-likeness (QED) is 0.380. The van der Waals surface area contributed by atoms with Gasteiger partial charge in [-0.15, -0.1) is 11.8 Å². The van der Waals surface area contributed by atoms with Gasteiger partial charge < -0.3 is 10.6 Å². The Bertz CT molecular complexity index is 1150. The molecule has 1 aromatic heterocycles. The van der Waals surface area contributed by atoms with E-state index in [4.69, 9.17) is 0 Å². The maximum atomic E-state index is 12.5. The molecule has 1 heterocycles. The molecule has 4 aromatic rings. The standard InChI is InChI=1S/C25H22N4OS/c1-31-22-13-7-18(8-14-22)17-27-25(30)20-9-11-21(12-10-20)28-23-15-16-26-24(29-23)19-5-3-2-4-6-19/h2-16H,17H2,1H3,(H,27,30)(H,26,28,29). The molecule has 3 aromatic carbocycles. The summed E-state index contributed by atoms with van der Waals surface area (Å²) in [7, 11) is 0. The Hall–Kier alpha value is -3.64. The van der Waals surface area contributed by atoms with Gasteiger partial charge in [-0.1, -0.05) is 42.5 Å². The maximum Gasteiger partial charge on any atom is 0.251 e. The lowest BCUT2D eigenvalue weighted by Gasteiger charge is -2.09. The van der Waals surface area contributed by atoms with Crippen LogP contribution < -0.4 is 10.6 Å². The molecule has 2 N–H and O–H groups in total. The highest BCUT2D eigenvalue weighted by molar-refractivity contribution is 7.98. The van der Waals surface area contributed by atoms with E-state index in [0.717, 1.165) is 16.8 Å². The van der Waals surface area contributed by atoms with Crippen molar-refractivity contribution in [2.45, 2.75) is 11.4 Å². The molecule has 0 spiro atoms. The molecule has 0 unspecified atom stereocenters. The van der Waals surface area contributed by atoms with E-state index in [9.17, 15) is 4.79 Å². The lowest BCUT2D eigenvalue weighted by molar-refractivity contribution is 0.0951. The van der Waals surface area contributed by atoms with Crippen LogP contribution in [-0.4, -0.2) is 22.1 Å². The van der Waals surface area contributed by atoms with Crippen molar-refractivity contribution in [2.75, 3.05) is 11.6 Å². The first-order valence-corrected chi connectivity index (χ1v) is 11.1. The molecule has 31 heavy (non-hydrogen) atoms. The van der Waals surface area contributed by atoms with E-state index in [1.54, 1.807) is 30.1 Å². The molecular weight excluding hydrogens is 404 g/mol. The van der Waals surface area contributed by atoms with Crippen molar-refractivity contribution in [1.82, 2.24) is 15.3 Å². The highest BCUT2D eigenvalue weighted by Crippen LogP contribution is 2.19. The molecule has 0 aliphatic rings. The topological polar surface area (TPSA) is 66.9 Å². The van der Waals surface area contributed by atoms with Gasteiger partial charge in [-0.3, -0.25) is 4.79 Å². The minimum atomic E-state index is -0.103. The number of benzene rings is 3. The number of hydrogen-bond acceptors (Lipinski definition) is 5. The van der Waals surface area contributed by atoms with Crippen LogP contribution >= 0.6 is 11.8 Å². The van der Waals surface area contributed by atoms with Crippen LogP contribution in [0.4, 0.5) is 11.5 Å². The number of rotatable bonds is 7. The number of amides is 1. The lowest BCUT2D eigenvalue weighted by atomic mass is 10.1. The van der Waals surface area contributed by atoms with E-state index in [1.807, 2.05) is 66.9 Å². The molecule has 0 saturated carbocycles. The molecule has 154 valence electrons. The molecule has 1 amide bonds. The number of anilines is 2. The van der Waals surface area contributed by atoms with Crippen molar-refractivity contribution in [2.24, 2.45) is 0 Å². The van der Waals surface area contributed by atoms with Crippen LogP contribution in [0.15, 0.2) is 96.0 Å². The van der Waals surface area contributed by atoms with Crippen LogP contribution in [0, 0.1) is 0 Å². The van der Waals surface area contributed by atoms with Crippen molar-refractivity contribution in [1.29, 1.82) is 0 Å². The van der Waals surface area contributed by atoms with Gasteiger partial charge >= 0.3 is 0 Å². The third-order valence-electron chi connectivity index (χ3n) is 4.72. The Kier molecular flexibility index (Phi) is 6.59. The number of nitrogens with zero attached hydrogens (tertiary/aromatic N) is 2. The van der Waals surface area contributed by atoms with Gasteiger partial charge in [-0.05, 0) is 54.3 Å². The normalized spacial score (nSPS) is 10.5. The second-order valence-electron chi connectivity index (χ2n) is 6.86. The van der Waals surface area contributed by atoms with Crippen molar-refractivity contribution in [3.8, 4) is 11.4 Å². The van der Waals surface area contributed by atoms with Crippen LogP contribution in [0.5, 0.6) is 0 Å². The molecule has 0 fully saturated rings. The highest BCUT2D eigenvalue weighted by atomic mass is 32.2. The predicted octanol–water partition coefficient (Wildman–Crippen LogP) is 5.54. The first-order valence-electron chi connectivity index (χ1n) is 9.88. The Balaban J connectivity index is 1.37. The summed E-state index contributed by atoms with van der Waals surface area (Å²) in [5.41, 5.74) is 3.49. The number of carbonyl (C=O) groups is 1. The number of nitrogens with one attached hydrogen (secondary N) is 2. The average Bonchev–Trinajstić information content (AvgIpc) is 2.84. The van der Waals surface area contributed by atoms with E-state index in [-0.39, 0.29) is 5.91 Å². The molecule has 0 atom stereocenters. The second-order valence-corrected chi connectivity index (χ2v) is 7.74. The minimum Gasteiger partial charge on any atom is -0.348 e. The SMILES string of the molecule is CSc1ccc(CNC(=O)c2ccc(Nc3ccnc(-c4ccccc4)n3)cc2)cc1. The van der Waals surface area contributed by atoms with Gasteiger partial charge in [0.2, 0.25) is 0 Å². The fraction of sp³-hybridized carbons (Fsp3) is 0.0800. The summed E-state index contributed by atoms with van der Waals surface area (Å²) in [6, 6.07) is 27.2. The summed E-state index contributed by atoms with van der Waals surface area (Å²) in [6.07, 6.45) is 3.77. The molecule has 0 bridgehead atoms. The largest absolute Gasteiger partial charge is 0.348 e. The number of carbonyl (C=O) groups excluding carboxylic acids is 1. The van der Waals surface area contributed by atoms with E-state index < -0.39 is 0 Å². The zero-order chi connectivity index (χ0) is 21.5. The van der Waals surface area contributed by atoms with Gasteiger partial charge in [0.05, 0.1) is 0 Å². The Morgan fingerprint density at radius 3 is 2.35 bits per heavy atom. The van der Waals surface area contributed by atoms with Crippen LogP contribution in [0.1, 0.15) is 15.9 Å². The van der Waals surface area contributed by atoms with Crippen molar-refractivity contribution < 1.29 is 4.79 Å². The molecule has 0 aliphatic carbocycles. The van der Waals surface area contributed by atoms with Gasteiger partial charge in [0.25, 0.3) is 5.91 Å². The zero-order valence-corrected chi connectivity index (χ0v) is 17.9. The van der Waals surface area contributed by atoms with Crippen LogP contribution in [0.2, 0.25) is 0 Å². The fourth-order valence-corrected chi connectivity index (χ4v) is 3.44. The molecule has 0 saturated heterocycles. The third-order valence-corrected chi connectivity index (χ3v) is 5.46. The Morgan fingerprint density at radius 2 is 1.65 bits per heavy atom. The molecule has 5 nitrogen and oxygen atoms in total. The zero-order valence-electron chi connectivity index (χ0n) is 17.1. The summed E-state index contributed by atoms with van der Waals surface area (Å²) >= 11 is 1.70. The van der Waals surface area contributed by atoms with Crippen molar-refractivity contribution >= 4 is 29.2 Å². The van der Waals surface area contributed by atoms with E-state index >= 15 is 0 Å². The monoisotopic (exact) mass is 426 g/mol. The van der Waals surface area contributed by atoms with Crippen LogP contribution in [0.3, 0.4) is 0 Å². The molecule has 6 heteroatoms. The molecule has 0 radical (unpaired) electrons. The minimum absolute atomic E-state index is 0.103. The summed E-state index contributed by atoms with van der Waals surface area (Å²) in [5.74, 6) is 1.25. The average molecular weight is 427 g/mol. The lowest BCUT2D eigenvalue weighted by Crippen LogP contribution is -2.22. The second kappa shape index (κ2) is 9.91. The summed E-state index contributed by atoms with van der Waals surface area (Å²) in [4.78, 5) is 22.6. The van der Waals surface area contributed by atoms with Gasteiger partial charge in [-0.2, -0.15) is 0 Å². The van der Waals surface area contributed by atoms with Crippen molar-refractivity contribution in [3.05, 3.63) is 102 Å². The molecule has 4 rings (SSSR count). The van der Waals surface area contributed by atoms with Crippen LogP contribution in [0.25, 0.3) is 11.4 Å². The predicted molar refractivity (Wildman–Crippen MR) is 127 cm³/mol. The Morgan fingerprint density at radius 1 is 0.903 bits per heavy atom. The molecular formula is C25H22N4OS. The number of aromatic nitrogens is 2. The smallest absolute Gasteiger partial charge is 0.251 e. The summed E-state index contributed by atoms with van der Waals surface area (Å²) in [5, 5.41) is 6.22. The number of hydrogen-bond donors (Lipinski definition) is 2. The van der Waals surface area contributed by atoms with Crippen LogP contribution in [-0.2, 0) is 6.54 Å². The third kappa shape index (κ3) is 5.49. The molecule has 0 aliphatic heterocycles. The Labute approximate surface area is 186 Å². The maximum absolute atomic E-state index is 12.5. The van der Waals surface area contributed by atoms with E-state index in [1.165, 1.54) is 4.90 Å². The number of thioether (sulfide) groups is 1. The summed E-state index contributed by atoms with van der Waals surface area (Å²) < 4.78 is 0. The first-order chi connectivity index (χ1) is 15.2. The van der Waals surface area contributed by atoms with Gasteiger partial charge in [0.1, 0.15) is 5.82 Å². The van der Waals surface area contributed by atoms with Crippen molar-refractivity contribution in [3.63, 3.8) is 0 Å². The van der Waals surface area contributed by atoms with Gasteiger partial charge in [0, 0.05) is 34.5 Å². The van der Waals surface area contributed by atoms with Gasteiger partial charge in [-0.25, -0.2) is 9.97 Å². The van der Waals surface area contributed by atoms with Gasteiger partial charge in [0.15, 0.2) is 5.82 Å². The fourth-order valence-electron chi connectivity index (χ4n) is 3.04.